The lowest BCUT2D eigenvalue weighted by Gasteiger charge is -2.27. The van der Waals surface area contributed by atoms with Gasteiger partial charge in [-0.3, -0.25) is 0 Å². The van der Waals surface area contributed by atoms with Crippen molar-refractivity contribution in [1.82, 2.24) is 0 Å². The molecule has 0 aliphatic rings. The first-order valence-electron chi connectivity index (χ1n) is 18.9. The molecule has 0 saturated heterocycles. The minimum atomic E-state index is 0.829. The van der Waals surface area contributed by atoms with Crippen molar-refractivity contribution in [3.63, 3.8) is 0 Å². The zero-order valence-electron chi connectivity index (χ0n) is 30.3. The van der Waals surface area contributed by atoms with E-state index < -0.39 is 0 Å². The minimum Gasteiger partial charge on any atom is -0.454 e. The maximum atomic E-state index is 6.61. The molecule has 0 fully saturated rings. The van der Waals surface area contributed by atoms with E-state index in [1.807, 2.05) is 24.3 Å². The fourth-order valence-corrected chi connectivity index (χ4v) is 8.24. The fraction of sp³-hybridized carbons (Fsp3) is 0. The monoisotopic (exact) mass is 718 g/mol. The number of para-hydroxylation sites is 5. The Kier molecular flexibility index (Phi) is 7.46. The highest BCUT2D eigenvalue weighted by Crippen LogP contribution is 2.46. The summed E-state index contributed by atoms with van der Waals surface area (Å²) in [5, 5.41) is 6.76. The van der Waals surface area contributed by atoms with Crippen molar-refractivity contribution >= 4 is 88.8 Å². The molecule has 0 amide bonds. The van der Waals surface area contributed by atoms with E-state index >= 15 is 0 Å². The van der Waals surface area contributed by atoms with Crippen LogP contribution in [0.25, 0.3) is 65.8 Å². The summed E-state index contributed by atoms with van der Waals surface area (Å²) in [6.45, 7) is 0. The average Bonchev–Trinajstić information content (AvgIpc) is 3.85. The van der Waals surface area contributed by atoms with E-state index in [0.29, 0.717) is 0 Å². The zero-order chi connectivity index (χ0) is 37.0. The second-order valence-electron chi connectivity index (χ2n) is 14.1. The Morgan fingerprint density at radius 1 is 0.268 bits per heavy atom. The lowest BCUT2D eigenvalue weighted by molar-refractivity contribution is 0.666. The van der Waals surface area contributed by atoms with Crippen LogP contribution >= 0.6 is 0 Å². The third-order valence-corrected chi connectivity index (χ3v) is 10.9. The van der Waals surface area contributed by atoms with Gasteiger partial charge in [0.05, 0.1) is 17.1 Å². The Morgan fingerprint density at radius 3 is 1.27 bits per heavy atom. The number of hydrogen-bond donors (Lipinski definition) is 0. The van der Waals surface area contributed by atoms with Gasteiger partial charge in [-0.2, -0.15) is 0 Å². The Hall–Kier alpha value is -7.56. The standard InChI is InChI=1S/C52H34N2O2/c1-2-15-38(16-3-1)53(46-22-10-14-37-13-4-5-17-41(37)46)39-31-27-35(28-32-39)36-29-33-40(34-30-36)54(47-23-11-20-44-42-18-6-8-25-49(42)55-51(44)47)48-24-12-21-45-43-19-7-9-26-50(43)56-52(45)48/h1-34H. The van der Waals surface area contributed by atoms with Gasteiger partial charge in [-0.05, 0) is 83.2 Å². The highest BCUT2D eigenvalue weighted by atomic mass is 16.3. The summed E-state index contributed by atoms with van der Waals surface area (Å²) in [6.07, 6.45) is 0. The molecule has 0 saturated carbocycles. The predicted octanol–water partition coefficient (Wildman–Crippen LogP) is 15.2. The van der Waals surface area contributed by atoms with Crippen LogP contribution in [0, 0.1) is 0 Å². The number of fused-ring (bicyclic) bond motifs is 7. The summed E-state index contributed by atoms with van der Waals surface area (Å²) in [5.74, 6) is 0. The van der Waals surface area contributed by atoms with Crippen LogP contribution in [0.3, 0.4) is 0 Å². The van der Waals surface area contributed by atoms with Crippen molar-refractivity contribution < 1.29 is 8.83 Å². The molecule has 0 aliphatic heterocycles. The lowest BCUT2D eigenvalue weighted by Crippen LogP contribution is -2.10. The van der Waals surface area contributed by atoms with E-state index in [0.717, 1.165) is 89.1 Å². The van der Waals surface area contributed by atoms with E-state index in [1.165, 1.54) is 10.8 Å². The molecule has 0 atom stereocenters. The van der Waals surface area contributed by atoms with Gasteiger partial charge in [-0.15, -0.1) is 0 Å². The maximum absolute atomic E-state index is 6.61. The molecule has 11 aromatic rings. The molecular formula is C52H34N2O2. The van der Waals surface area contributed by atoms with Crippen LogP contribution < -0.4 is 9.80 Å². The molecule has 56 heavy (non-hydrogen) atoms. The second-order valence-corrected chi connectivity index (χ2v) is 14.1. The van der Waals surface area contributed by atoms with Crippen LogP contribution in [-0.4, -0.2) is 0 Å². The largest absolute Gasteiger partial charge is 0.454 e. The number of anilines is 6. The van der Waals surface area contributed by atoms with Crippen molar-refractivity contribution in [2.24, 2.45) is 0 Å². The van der Waals surface area contributed by atoms with Gasteiger partial charge in [0, 0.05) is 44.0 Å². The van der Waals surface area contributed by atoms with Gasteiger partial charge in [-0.1, -0.05) is 140 Å². The first-order chi connectivity index (χ1) is 27.8. The lowest BCUT2D eigenvalue weighted by atomic mass is 10.0. The van der Waals surface area contributed by atoms with Crippen LogP contribution in [0.2, 0.25) is 0 Å². The SMILES string of the molecule is c1ccc(N(c2ccc(-c3ccc(N(c4cccc5c4oc4ccccc45)c4cccc5c4oc4ccccc45)cc3)cc2)c2cccc3ccccc23)cc1. The fourth-order valence-electron chi connectivity index (χ4n) is 8.24. The number of hydrogen-bond acceptors (Lipinski definition) is 4. The third-order valence-electron chi connectivity index (χ3n) is 10.9. The van der Waals surface area contributed by atoms with E-state index in [2.05, 4.69) is 192 Å². The van der Waals surface area contributed by atoms with Gasteiger partial charge in [0.15, 0.2) is 11.2 Å². The Labute approximate surface area is 323 Å². The summed E-state index contributed by atoms with van der Waals surface area (Å²) in [6, 6.07) is 72.5. The number of rotatable bonds is 7. The zero-order valence-corrected chi connectivity index (χ0v) is 30.3. The number of nitrogens with zero attached hydrogens (tertiary/aromatic N) is 2. The maximum Gasteiger partial charge on any atom is 0.159 e. The molecule has 11 rings (SSSR count). The molecule has 4 heteroatoms. The van der Waals surface area contributed by atoms with E-state index in [1.54, 1.807) is 0 Å². The van der Waals surface area contributed by atoms with Gasteiger partial charge in [0.2, 0.25) is 0 Å². The van der Waals surface area contributed by atoms with Crippen LogP contribution in [0.4, 0.5) is 34.1 Å². The van der Waals surface area contributed by atoms with Crippen LogP contribution in [0.15, 0.2) is 215 Å². The molecule has 0 radical (unpaired) electrons. The predicted molar refractivity (Wildman–Crippen MR) is 233 cm³/mol. The van der Waals surface area contributed by atoms with E-state index in [-0.39, 0.29) is 0 Å². The molecule has 2 aromatic heterocycles. The van der Waals surface area contributed by atoms with Crippen molar-refractivity contribution in [2.75, 3.05) is 9.80 Å². The average molecular weight is 719 g/mol. The van der Waals surface area contributed by atoms with Crippen LogP contribution in [-0.2, 0) is 0 Å². The van der Waals surface area contributed by atoms with Crippen LogP contribution in [0.1, 0.15) is 0 Å². The molecule has 9 aromatic carbocycles. The molecule has 2 heterocycles. The van der Waals surface area contributed by atoms with Gasteiger partial charge < -0.3 is 18.6 Å². The third kappa shape index (κ3) is 5.23. The highest BCUT2D eigenvalue weighted by molar-refractivity contribution is 6.14. The van der Waals surface area contributed by atoms with Crippen molar-refractivity contribution in [2.45, 2.75) is 0 Å². The minimum absolute atomic E-state index is 0.829. The summed E-state index contributed by atoms with van der Waals surface area (Å²) in [5.41, 5.74) is 11.9. The van der Waals surface area contributed by atoms with Crippen molar-refractivity contribution in [1.29, 1.82) is 0 Å². The Morgan fingerprint density at radius 2 is 0.679 bits per heavy atom. The van der Waals surface area contributed by atoms with E-state index in [9.17, 15) is 0 Å². The van der Waals surface area contributed by atoms with Gasteiger partial charge >= 0.3 is 0 Å². The molecule has 0 bridgehead atoms. The normalized spacial score (nSPS) is 11.6. The smallest absolute Gasteiger partial charge is 0.159 e. The Balaban J connectivity index is 1.02. The summed E-state index contributed by atoms with van der Waals surface area (Å²) in [4.78, 5) is 4.61. The van der Waals surface area contributed by atoms with Gasteiger partial charge in [0.25, 0.3) is 0 Å². The van der Waals surface area contributed by atoms with E-state index in [4.69, 9.17) is 8.83 Å². The number of furan rings is 2. The van der Waals surface area contributed by atoms with Gasteiger partial charge in [0.1, 0.15) is 11.2 Å². The van der Waals surface area contributed by atoms with Gasteiger partial charge in [-0.25, -0.2) is 0 Å². The molecular weight excluding hydrogens is 685 g/mol. The molecule has 0 unspecified atom stereocenters. The molecule has 4 nitrogen and oxygen atoms in total. The summed E-state index contributed by atoms with van der Waals surface area (Å²) < 4.78 is 13.2. The molecule has 264 valence electrons. The molecule has 0 spiro atoms. The second kappa shape index (κ2) is 13.1. The first-order valence-corrected chi connectivity index (χ1v) is 18.9. The molecule has 0 aliphatic carbocycles. The molecule has 0 N–H and O–H groups in total. The topological polar surface area (TPSA) is 32.8 Å². The number of benzene rings is 9. The van der Waals surface area contributed by atoms with Crippen molar-refractivity contribution in [3.8, 4) is 11.1 Å². The first kappa shape index (κ1) is 31.9. The quantitative estimate of drug-likeness (QED) is 0.164. The summed E-state index contributed by atoms with van der Waals surface area (Å²) >= 11 is 0. The Bertz CT molecular complexity index is 3080. The highest BCUT2D eigenvalue weighted by Gasteiger charge is 2.23. The summed E-state index contributed by atoms with van der Waals surface area (Å²) in [7, 11) is 0. The van der Waals surface area contributed by atoms with Crippen molar-refractivity contribution in [3.05, 3.63) is 206 Å². The van der Waals surface area contributed by atoms with Crippen LogP contribution in [0.5, 0.6) is 0 Å².